The molecule has 0 N–H and O–H groups in total. The number of nitrogens with zero attached hydrogens (tertiary/aromatic N) is 3. The molecular weight excluding hydrogens is 322 g/mol. The van der Waals surface area contributed by atoms with Crippen molar-refractivity contribution in [2.45, 2.75) is 112 Å². The predicted octanol–water partition coefficient (Wildman–Crippen LogP) is 4.63. The molecule has 0 saturated carbocycles. The van der Waals surface area contributed by atoms with Gasteiger partial charge in [-0.15, -0.1) is 0 Å². The van der Waals surface area contributed by atoms with Gasteiger partial charge in [-0.1, -0.05) is 27.7 Å². The van der Waals surface area contributed by atoms with Gasteiger partial charge in [-0.2, -0.15) is 0 Å². The maximum Gasteiger partial charge on any atom is 0.219 e. The average Bonchev–Trinajstić information content (AvgIpc) is 2.57. The second-order valence-electron chi connectivity index (χ2n) is 8.72. The molecule has 1 rings (SSSR count). The molecule has 0 bridgehead atoms. The fraction of sp³-hybridized carbons (Fsp3) is 0.955. The van der Waals surface area contributed by atoms with Crippen molar-refractivity contribution >= 4 is 5.91 Å². The fourth-order valence-electron chi connectivity index (χ4n) is 4.38. The number of hydrogen-bond acceptors (Lipinski definition) is 3. The van der Waals surface area contributed by atoms with Crippen molar-refractivity contribution in [2.75, 3.05) is 26.7 Å². The Balaban J connectivity index is 0.00000301. The van der Waals surface area contributed by atoms with E-state index in [4.69, 9.17) is 0 Å². The van der Waals surface area contributed by atoms with Gasteiger partial charge in [0.2, 0.25) is 5.91 Å². The third-order valence-corrected chi connectivity index (χ3v) is 6.50. The molecule has 0 spiro atoms. The van der Waals surface area contributed by atoms with E-state index in [2.05, 4.69) is 70.2 Å². The average molecular weight is 370 g/mol. The Labute approximate surface area is 164 Å². The molecule has 4 nitrogen and oxygen atoms in total. The highest BCUT2D eigenvalue weighted by Crippen LogP contribution is 2.40. The summed E-state index contributed by atoms with van der Waals surface area (Å²) in [6, 6.07) is 0.864. The zero-order valence-electron chi connectivity index (χ0n) is 19.6. The van der Waals surface area contributed by atoms with E-state index < -0.39 is 0 Å². The minimum absolute atomic E-state index is 0.115. The Hall–Kier alpha value is -0.610. The number of carbonyl (C=O) groups excluding carboxylic acids is 1. The first-order valence-corrected chi connectivity index (χ1v) is 10.7. The van der Waals surface area contributed by atoms with E-state index in [-0.39, 0.29) is 17.0 Å². The number of rotatable bonds is 7. The number of likely N-dealkylation sites (N-methyl/N-ethyl adjacent to an activating group) is 1. The van der Waals surface area contributed by atoms with E-state index in [0.29, 0.717) is 12.1 Å². The molecule has 0 aromatic carbocycles. The van der Waals surface area contributed by atoms with Crippen LogP contribution < -0.4 is 0 Å². The minimum atomic E-state index is 0.115. The Bertz CT molecular complexity index is 422. The lowest BCUT2D eigenvalue weighted by Crippen LogP contribution is -2.64. The van der Waals surface area contributed by atoms with Crippen molar-refractivity contribution < 1.29 is 4.79 Å². The van der Waals surface area contributed by atoms with E-state index in [1.165, 1.54) is 0 Å². The van der Waals surface area contributed by atoms with E-state index >= 15 is 0 Å². The third-order valence-electron chi connectivity index (χ3n) is 6.50. The normalized spacial score (nSPS) is 25.8. The molecule has 1 amide bonds. The lowest BCUT2D eigenvalue weighted by molar-refractivity contribution is -0.136. The van der Waals surface area contributed by atoms with Crippen molar-refractivity contribution in [1.82, 2.24) is 14.7 Å². The summed E-state index contributed by atoms with van der Waals surface area (Å²) >= 11 is 0. The second-order valence-corrected chi connectivity index (χ2v) is 8.72. The number of likely N-dealkylation sites (tertiary alicyclic amines) is 1. The summed E-state index contributed by atoms with van der Waals surface area (Å²) in [5.41, 5.74) is 0.270. The monoisotopic (exact) mass is 369 g/mol. The standard InChI is InChI=1S/C20H41N3O.C2H6/c1-10-20(8)15-18(14-19(6,7)21(20)9)23(17(5)24)13-12-22(11-2)16(3)4;1-2/h16,18H,10-15H2,1-9H3;1-2H3. The van der Waals surface area contributed by atoms with Gasteiger partial charge in [0.05, 0.1) is 0 Å². The van der Waals surface area contributed by atoms with Crippen molar-refractivity contribution in [3.63, 3.8) is 0 Å². The van der Waals surface area contributed by atoms with Gasteiger partial charge in [0.1, 0.15) is 0 Å². The molecule has 1 aliphatic rings. The minimum Gasteiger partial charge on any atom is -0.339 e. The van der Waals surface area contributed by atoms with Gasteiger partial charge in [0.25, 0.3) is 0 Å². The molecule has 0 aliphatic carbocycles. The quantitative estimate of drug-likeness (QED) is 0.654. The molecule has 1 heterocycles. The summed E-state index contributed by atoms with van der Waals surface area (Å²) < 4.78 is 0. The van der Waals surface area contributed by atoms with Gasteiger partial charge in [0, 0.05) is 43.2 Å². The maximum atomic E-state index is 12.4. The summed E-state index contributed by atoms with van der Waals surface area (Å²) in [7, 11) is 2.25. The van der Waals surface area contributed by atoms with Crippen LogP contribution in [0, 0.1) is 0 Å². The van der Waals surface area contributed by atoms with Gasteiger partial charge in [-0.3, -0.25) is 14.6 Å². The Morgan fingerprint density at radius 3 is 2.04 bits per heavy atom. The topological polar surface area (TPSA) is 26.8 Å². The first kappa shape index (κ1) is 25.4. The van der Waals surface area contributed by atoms with Crippen molar-refractivity contribution in [3.8, 4) is 0 Å². The molecular formula is C22H47N3O. The van der Waals surface area contributed by atoms with Crippen LogP contribution in [0.15, 0.2) is 0 Å². The van der Waals surface area contributed by atoms with Crippen LogP contribution in [0.2, 0.25) is 0 Å². The van der Waals surface area contributed by atoms with Crippen LogP contribution in [0.3, 0.4) is 0 Å². The van der Waals surface area contributed by atoms with Gasteiger partial charge in [0.15, 0.2) is 0 Å². The molecule has 26 heavy (non-hydrogen) atoms. The van der Waals surface area contributed by atoms with Gasteiger partial charge in [-0.05, 0) is 67.5 Å². The van der Waals surface area contributed by atoms with Gasteiger partial charge < -0.3 is 4.90 Å². The van der Waals surface area contributed by atoms with Crippen LogP contribution in [-0.4, -0.2) is 70.5 Å². The summed E-state index contributed by atoms with van der Waals surface area (Å²) in [5, 5.41) is 0. The third kappa shape index (κ3) is 6.23. The second kappa shape index (κ2) is 10.7. The lowest BCUT2D eigenvalue weighted by Gasteiger charge is -2.56. The van der Waals surface area contributed by atoms with Crippen molar-refractivity contribution in [1.29, 1.82) is 0 Å². The number of piperidine rings is 1. The van der Waals surface area contributed by atoms with E-state index in [9.17, 15) is 4.79 Å². The molecule has 1 aliphatic heterocycles. The van der Waals surface area contributed by atoms with Crippen LogP contribution >= 0.6 is 0 Å². The van der Waals surface area contributed by atoms with E-state index in [1.54, 1.807) is 6.92 Å². The smallest absolute Gasteiger partial charge is 0.219 e. The SMILES string of the molecule is CC.CCN(CCN(C(C)=O)C1CC(C)(C)N(C)C(C)(CC)C1)C(C)C. The Kier molecular flexibility index (Phi) is 10.4. The first-order chi connectivity index (χ1) is 12.0. The first-order valence-electron chi connectivity index (χ1n) is 10.7. The lowest BCUT2D eigenvalue weighted by atomic mass is 9.74. The summed E-state index contributed by atoms with van der Waals surface area (Å²) in [4.78, 5) is 19.5. The van der Waals surface area contributed by atoms with E-state index in [1.807, 2.05) is 13.8 Å². The van der Waals surface area contributed by atoms with Crippen LogP contribution in [0.4, 0.5) is 0 Å². The van der Waals surface area contributed by atoms with Crippen LogP contribution in [0.5, 0.6) is 0 Å². The highest BCUT2D eigenvalue weighted by molar-refractivity contribution is 5.73. The zero-order chi connectivity index (χ0) is 20.7. The maximum absolute atomic E-state index is 12.4. The highest BCUT2D eigenvalue weighted by atomic mass is 16.2. The zero-order valence-corrected chi connectivity index (χ0v) is 19.6. The van der Waals surface area contributed by atoms with Crippen LogP contribution in [0.25, 0.3) is 0 Å². The Morgan fingerprint density at radius 1 is 1.12 bits per heavy atom. The molecule has 2 atom stereocenters. The van der Waals surface area contributed by atoms with Crippen molar-refractivity contribution in [3.05, 3.63) is 0 Å². The van der Waals surface area contributed by atoms with Crippen LogP contribution in [-0.2, 0) is 4.79 Å². The fourth-order valence-corrected chi connectivity index (χ4v) is 4.38. The largest absolute Gasteiger partial charge is 0.339 e. The summed E-state index contributed by atoms with van der Waals surface area (Å²) in [6.45, 7) is 24.5. The molecule has 0 aromatic rings. The van der Waals surface area contributed by atoms with Gasteiger partial charge >= 0.3 is 0 Å². The van der Waals surface area contributed by atoms with Crippen LogP contribution in [0.1, 0.15) is 88.5 Å². The highest BCUT2D eigenvalue weighted by Gasteiger charge is 2.46. The molecule has 1 saturated heterocycles. The molecule has 156 valence electrons. The summed E-state index contributed by atoms with van der Waals surface area (Å²) in [6.07, 6.45) is 3.23. The molecule has 4 heteroatoms. The van der Waals surface area contributed by atoms with Crippen molar-refractivity contribution in [2.24, 2.45) is 0 Å². The number of carbonyl (C=O) groups is 1. The predicted molar refractivity (Wildman–Crippen MR) is 115 cm³/mol. The van der Waals surface area contributed by atoms with Gasteiger partial charge in [-0.25, -0.2) is 0 Å². The number of hydrogen-bond donors (Lipinski definition) is 0. The molecule has 1 fully saturated rings. The number of amides is 1. The summed E-state index contributed by atoms with van der Waals surface area (Å²) in [5.74, 6) is 0.221. The molecule has 0 radical (unpaired) electrons. The Morgan fingerprint density at radius 2 is 1.65 bits per heavy atom. The molecule has 0 aromatic heterocycles. The van der Waals surface area contributed by atoms with E-state index in [0.717, 1.165) is 38.9 Å². The molecule has 2 unspecified atom stereocenters.